The molecular formula is C19H21ClN2O4S2. The third-order valence-electron chi connectivity index (χ3n) is 4.93. The van der Waals surface area contributed by atoms with Gasteiger partial charge in [-0.3, -0.25) is 4.90 Å². The number of hydrogen-bond acceptors (Lipinski definition) is 6. The standard InChI is InChI=1S/C19H21ClN2O4S2/c1-26-18(23)17-15-7-8-22(10-12-3-2-4-13(20)9-12)11-16(15)27-19(17)28(24,25)21-14-5-6-14/h2-4,9,14,21H,5-8,10-11H2,1H3. The van der Waals surface area contributed by atoms with Crippen LogP contribution in [-0.2, 0) is 34.3 Å². The molecule has 9 heteroatoms. The number of carbonyl (C=O) groups excluding carboxylic acids is 1. The Morgan fingerprint density at radius 1 is 1.39 bits per heavy atom. The van der Waals surface area contributed by atoms with E-state index in [2.05, 4.69) is 9.62 Å². The van der Waals surface area contributed by atoms with Gasteiger partial charge >= 0.3 is 5.97 Å². The summed E-state index contributed by atoms with van der Waals surface area (Å²) in [6.45, 7) is 2.04. The molecule has 28 heavy (non-hydrogen) atoms. The number of carbonyl (C=O) groups is 1. The van der Waals surface area contributed by atoms with Crippen molar-refractivity contribution < 1.29 is 17.9 Å². The molecule has 0 amide bonds. The molecule has 1 aromatic carbocycles. The zero-order chi connectivity index (χ0) is 19.9. The van der Waals surface area contributed by atoms with Gasteiger partial charge in [-0.25, -0.2) is 17.9 Å². The third kappa shape index (κ3) is 4.11. The average molecular weight is 441 g/mol. The summed E-state index contributed by atoms with van der Waals surface area (Å²) in [5.41, 5.74) is 2.11. The first-order valence-corrected chi connectivity index (χ1v) is 11.8. The normalized spacial score (nSPS) is 17.4. The highest BCUT2D eigenvalue weighted by atomic mass is 35.5. The number of sulfonamides is 1. The number of hydrogen-bond donors (Lipinski definition) is 1. The van der Waals surface area contributed by atoms with Crippen LogP contribution >= 0.6 is 22.9 Å². The summed E-state index contributed by atoms with van der Waals surface area (Å²) >= 11 is 7.25. The lowest BCUT2D eigenvalue weighted by molar-refractivity contribution is 0.0595. The van der Waals surface area contributed by atoms with Gasteiger partial charge in [0.05, 0.1) is 12.7 Å². The van der Waals surface area contributed by atoms with E-state index >= 15 is 0 Å². The maximum atomic E-state index is 12.8. The minimum Gasteiger partial charge on any atom is -0.465 e. The van der Waals surface area contributed by atoms with Crippen LogP contribution in [0.25, 0.3) is 0 Å². The second kappa shape index (κ2) is 7.76. The molecule has 0 unspecified atom stereocenters. The van der Waals surface area contributed by atoms with E-state index in [1.54, 1.807) is 0 Å². The molecule has 1 aromatic heterocycles. The largest absolute Gasteiger partial charge is 0.465 e. The maximum absolute atomic E-state index is 12.8. The van der Waals surface area contributed by atoms with Gasteiger partial charge < -0.3 is 4.74 Å². The van der Waals surface area contributed by atoms with Crippen LogP contribution in [0.4, 0.5) is 0 Å². The number of fused-ring (bicyclic) bond motifs is 1. The Morgan fingerprint density at radius 3 is 2.86 bits per heavy atom. The molecule has 2 aromatic rings. The molecule has 150 valence electrons. The predicted molar refractivity (Wildman–Crippen MR) is 108 cm³/mol. The summed E-state index contributed by atoms with van der Waals surface area (Å²) in [5, 5.41) is 0.693. The van der Waals surface area contributed by atoms with E-state index in [9.17, 15) is 13.2 Å². The van der Waals surface area contributed by atoms with Crippen LogP contribution in [0.15, 0.2) is 28.5 Å². The minimum absolute atomic E-state index is 0.0195. The van der Waals surface area contributed by atoms with Crippen molar-refractivity contribution in [2.75, 3.05) is 13.7 Å². The Balaban J connectivity index is 1.63. The maximum Gasteiger partial charge on any atom is 0.340 e. The first-order chi connectivity index (χ1) is 13.4. The van der Waals surface area contributed by atoms with Crippen LogP contribution in [0, 0.1) is 0 Å². The van der Waals surface area contributed by atoms with E-state index < -0.39 is 16.0 Å². The van der Waals surface area contributed by atoms with Crippen LogP contribution < -0.4 is 4.72 Å². The summed E-state index contributed by atoms with van der Waals surface area (Å²) in [4.78, 5) is 15.5. The van der Waals surface area contributed by atoms with Gasteiger partial charge in [0.25, 0.3) is 10.0 Å². The number of methoxy groups -OCH3 is 1. The molecule has 0 radical (unpaired) electrons. The Morgan fingerprint density at radius 2 is 2.18 bits per heavy atom. The quantitative estimate of drug-likeness (QED) is 0.698. The van der Waals surface area contributed by atoms with Crippen molar-refractivity contribution >= 4 is 38.9 Å². The number of thiophene rings is 1. The lowest BCUT2D eigenvalue weighted by Gasteiger charge is -2.27. The zero-order valence-electron chi connectivity index (χ0n) is 15.4. The van der Waals surface area contributed by atoms with Crippen molar-refractivity contribution in [2.24, 2.45) is 0 Å². The van der Waals surface area contributed by atoms with Gasteiger partial charge in [-0.15, -0.1) is 11.3 Å². The van der Waals surface area contributed by atoms with Gasteiger partial charge in [-0.1, -0.05) is 23.7 Å². The molecule has 2 aliphatic rings. The van der Waals surface area contributed by atoms with Gasteiger partial charge in [-0.2, -0.15) is 0 Å². The number of nitrogens with zero attached hydrogens (tertiary/aromatic N) is 1. The van der Waals surface area contributed by atoms with E-state index in [1.165, 1.54) is 18.4 Å². The highest BCUT2D eigenvalue weighted by Gasteiger charge is 2.36. The monoisotopic (exact) mass is 440 g/mol. The fourth-order valence-electron chi connectivity index (χ4n) is 3.43. The average Bonchev–Trinajstić information content (AvgIpc) is 3.36. The molecule has 2 heterocycles. The molecule has 0 atom stereocenters. The lowest BCUT2D eigenvalue weighted by Crippen LogP contribution is -2.30. The Bertz CT molecular complexity index is 1010. The Labute approximate surface area is 173 Å². The Hall–Kier alpha value is -1.45. The van der Waals surface area contributed by atoms with Crippen molar-refractivity contribution in [3.63, 3.8) is 0 Å². The summed E-state index contributed by atoms with van der Waals surface area (Å²) < 4.78 is 33.3. The van der Waals surface area contributed by atoms with Crippen molar-refractivity contribution in [3.8, 4) is 0 Å². The molecule has 0 bridgehead atoms. The van der Waals surface area contributed by atoms with E-state index in [4.69, 9.17) is 16.3 Å². The minimum atomic E-state index is -3.73. The van der Waals surface area contributed by atoms with Crippen molar-refractivity contribution in [1.82, 2.24) is 9.62 Å². The van der Waals surface area contributed by atoms with Gasteiger partial charge in [0.15, 0.2) is 0 Å². The molecule has 0 saturated heterocycles. The van der Waals surface area contributed by atoms with Gasteiger partial charge in [0.1, 0.15) is 4.21 Å². The molecule has 1 saturated carbocycles. The van der Waals surface area contributed by atoms with Gasteiger partial charge in [0.2, 0.25) is 0 Å². The van der Waals surface area contributed by atoms with E-state index in [0.717, 1.165) is 35.4 Å². The van der Waals surface area contributed by atoms with E-state index in [-0.39, 0.29) is 15.8 Å². The molecule has 0 spiro atoms. The number of benzene rings is 1. The SMILES string of the molecule is COC(=O)c1c(S(=O)(=O)NC2CC2)sc2c1CCN(Cc1cccc(Cl)c1)C2. The highest BCUT2D eigenvalue weighted by Crippen LogP contribution is 2.37. The van der Waals surface area contributed by atoms with Crippen molar-refractivity contribution in [1.29, 1.82) is 0 Å². The Kier molecular flexibility index (Phi) is 5.50. The molecule has 1 N–H and O–H groups in total. The van der Waals surface area contributed by atoms with Crippen LogP contribution in [0.3, 0.4) is 0 Å². The van der Waals surface area contributed by atoms with Crippen LogP contribution in [0.5, 0.6) is 0 Å². The second-order valence-corrected chi connectivity index (χ2v) is 10.6. The van der Waals surface area contributed by atoms with Crippen molar-refractivity contribution in [3.05, 3.63) is 50.9 Å². The van der Waals surface area contributed by atoms with Crippen LogP contribution in [0.1, 0.15) is 39.2 Å². The molecule has 4 rings (SSSR count). The number of nitrogens with one attached hydrogen (secondary N) is 1. The lowest BCUT2D eigenvalue weighted by atomic mass is 10.0. The fourth-order valence-corrected chi connectivity index (χ4v) is 6.89. The number of esters is 1. The topological polar surface area (TPSA) is 75.7 Å². The van der Waals surface area contributed by atoms with Crippen LogP contribution in [-0.4, -0.2) is 39.0 Å². The zero-order valence-corrected chi connectivity index (χ0v) is 17.8. The molecule has 1 fully saturated rings. The number of ether oxygens (including phenoxy) is 1. The number of halogens is 1. The van der Waals surface area contributed by atoms with Crippen LogP contribution in [0.2, 0.25) is 5.02 Å². The van der Waals surface area contributed by atoms with E-state index in [0.29, 0.717) is 24.5 Å². The molecular weight excluding hydrogens is 420 g/mol. The second-order valence-electron chi connectivity index (χ2n) is 7.14. The number of rotatable bonds is 6. The third-order valence-corrected chi connectivity index (χ3v) is 8.42. The molecule has 1 aliphatic carbocycles. The summed E-state index contributed by atoms with van der Waals surface area (Å²) in [5.74, 6) is -0.586. The smallest absolute Gasteiger partial charge is 0.340 e. The summed E-state index contributed by atoms with van der Waals surface area (Å²) in [6.07, 6.45) is 2.28. The first kappa shape index (κ1) is 19.8. The van der Waals surface area contributed by atoms with Gasteiger partial charge in [-0.05, 0) is 42.5 Å². The molecule has 1 aliphatic heterocycles. The molecule has 6 nitrogen and oxygen atoms in total. The first-order valence-electron chi connectivity index (χ1n) is 9.09. The van der Waals surface area contributed by atoms with Crippen molar-refractivity contribution in [2.45, 2.75) is 42.6 Å². The van der Waals surface area contributed by atoms with E-state index in [1.807, 2.05) is 24.3 Å². The fraction of sp³-hybridized carbons (Fsp3) is 0.421. The van der Waals surface area contributed by atoms with Gasteiger partial charge in [0, 0.05) is 35.6 Å². The highest BCUT2D eigenvalue weighted by molar-refractivity contribution is 7.91. The summed E-state index contributed by atoms with van der Waals surface area (Å²) in [7, 11) is -2.44. The predicted octanol–water partition coefficient (Wildman–Crippen LogP) is 3.19. The summed E-state index contributed by atoms with van der Waals surface area (Å²) in [6, 6.07) is 7.69.